The highest BCUT2D eigenvalue weighted by molar-refractivity contribution is 5.96. The summed E-state index contributed by atoms with van der Waals surface area (Å²) >= 11 is 0. The highest BCUT2D eigenvalue weighted by Crippen LogP contribution is 2.15. The van der Waals surface area contributed by atoms with Crippen LogP contribution in [0.5, 0.6) is 5.75 Å². The van der Waals surface area contributed by atoms with Crippen molar-refractivity contribution >= 4 is 23.5 Å². The van der Waals surface area contributed by atoms with Crippen LogP contribution in [0.2, 0.25) is 0 Å². The number of carbonyl (C=O) groups is 3. The van der Waals surface area contributed by atoms with Gasteiger partial charge in [0.2, 0.25) is 0 Å². The van der Waals surface area contributed by atoms with Crippen LogP contribution in [0.1, 0.15) is 36.7 Å². The average Bonchev–Trinajstić information content (AvgIpc) is 2.73. The van der Waals surface area contributed by atoms with Crippen molar-refractivity contribution in [1.82, 2.24) is 4.90 Å². The fourth-order valence-electron chi connectivity index (χ4n) is 2.78. The lowest BCUT2D eigenvalue weighted by Gasteiger charge is -2.18. The standard InChI is InChI=1S/C23H28N2O5/c1-5-25(6-2)22(27)18-10-12-19(13-11-18)24-21(26)15-29-23(28)17(4)30-20-9-7-8-16(3)14-20/h7-14,17H,5-6,15H2,1-4H3,(H,24,26)/t17-/m1/s1. The first-order chi connectivity index (χ1) is 14.3. The zero-order chi connectivity index (χ0) is 22.1. The Morgan fingerprint density at radius 1 is 1.03 bits per heavy atom. The Labute approximate surface area is 177 Å². The van der Waals surface area contributed by atoms with Crippen LogP contribution >= 0.6 is 0 Å². The summed E-state index contributed by atoms with van der Waals surface area (Å²) in [5.41, 5.74) is 2.07. The van der Waals surface area contributed by atoms with Gasteiger partial charge in [0.15, 0.2) is 12.7 Å². The fraction of sp³-hybridized carbons (Fsp3) is 0.348. The van der Waals surface area contributed by atoms with Gasteiger partial charge < -0.3 is 19.7 Å². The van der Waals surface area contributed by atoms with Gasteiger partial charge in [-0.1, -0.05) is 12.1 Å². The number of benzene rings is 2. The Kier molecular flexibility index (Phi) is 8.41. The van der Waals surface area contributed by atoms with Crippen LogP contribution in [0.25, 0.3) is 0 Å². The molecule has 0 saturated heterocycles. The molecule has 30 heavy (non-hydrogen) atoms. The fourth-order valence-corrected chi connectivity index (χ4v) is 2.78. The smallest absolute Gasteiger partial charge is 0.347 e. The van der Waals surface area contributed by atoms with E-state index in [1.165, 1.54) is 0 Å². The van der Waals surface area contributed by atoms with Crippen molar-refractivity contribution in [3.05, 3.63) is 59.7 Å². The minimum atomic E-state index is -0.843. The number of nitrogens with zero attached hydrogens (tertiary/aromatic N) is 1. The Morgan fingerprint density at radius 3 is 2.30 bits per heavy atom. The quantitative estimate of drug-likeness (QED) is 0.638. The van der Waals surface area contributed by atoms with E-state index in [0.717, 1.165) is 5.56 Å². The number of amides is 2. The van der Waals surface area contributed by atoms with Crippen LogP contribution in [0.4, 0.5) is 5.69 Å². The Hall–Kier alpha value is -3.35. The number of aryl methyl sites for hydroxylation is 1. The second-order valence-corrected chi connectivity index (χ2v) is 6.79. The van der Waals surface area contributed by atoms with Gasteiger partial charge in [-0.2, -0.15) is 0 Å². The molecule has 0 aliphatic heterocycles. The van der Waals surface area contributed by atoms with Gasteiger partial charge in [-0.3, -0.25) is 9.59 Å². The molecular weight excluding hydrogens is 384 g/mol. The van der Waals surface area contributed by atoms with E-state index in [9.17, 15) is 14.4 Å². The topological polar surface area (TPSA) is 84.9 Å². The van der Waals surface area contributed by atoms with Gasteiger partial charge >= 0.3 is 5.97 Å². The van der Waals surface area contributed by atoms with Gasteiger partial charge in [-0.15, -0.1) is 0 Å². The molecule has 0 heterocycles. The SMILES string of the molecule is CCN(CC)C(=O)c1ccc(NC(=O)COC(=O)[C@@H](C)Oc2cccc(C)c2)cc1. The molecule has 2 amide bonds. The zero-order valence-electron chi connectivity index (χ0n) is 17.8. The van der Waals surface area contributed by atoms with Crippen molar-refractivity contribution in [2.24, 2.45) is 0 Å². The third-order valence-corrected chi connectivity index (χ3v) is 4.45. The third-order valence-electron chi connectivity index (χ3n) is 4.45. The van der Waals surface area contributed by atoms with Gasteiger partial charge in [0.25, 0.3) is 11.8 Å². The van der Waals surface area contributed by atoms with Crippen molar-refractivity contribution in [3.8, 4) is 5.75 Å². The van der Waals surface area contributed by atoms with Crippen LogP contribution in [0.15, 0.2) is 48.5 Å². The third kappa shape index (κ3) is 6.62. The first kappa shape index (κ1) is 22.9. The van der Waals surface area contributed by atoms with E-state index >= 15 is 0 Å². The van der Waals surface area contributed by atoms with Crippen molar-refractivity contribution in [1.29, 1.82) is 0 Å². The lowest BCUT2D eigenvalue weighted by Crippen LogP contribution is -2.30. The zero-order valence-corrected chi connectivity index (χ0v) is 17.8. The minimum Gasteiger partial charge on any atom is -0.479 e. The van der Waals surface area contributed by atoms with E-state index < -0.39 is 24.6 Å². The number of ether oxygens (including phenoxy) is 2. The lowest BCUT2D eigenvalue weighted by molar-refractivity contribution is -0.153. The second-order valence-electron chi connectivity index (χ2n) is 6.79. The molecular formula is C23H28N2O5. The largest absolute Gasteiger partial charge is 0.479 e. The average molecular weight is 412 g/mol. The number of nitrogens with one attached hydrogen (secondary N) is 1. The van der Waals surface area contributed by atoms with E-state index in [4.69, 9.17) is 9.47 Å². The molecule has 0 aromatic heterocycles. The number of anilines is 1. The summed E-state index contributed by atoms with van der Waals surface area (Å²) in [6, 6.07) is 13.9. The van der Waals surface area contributed by atoms with Crippen LogP contribution in [-0.4, -0.2) is 48.5 Å². The summed E-state index contributed by atoms with van der Waals surface area (Å²) in [4.78, 5) is 38.1. The van der Waals surface area contributed by atoms with Crippen molar-refractivity contribution in [3.63, 3.8) is 0 Å². The van der Waals surface area contributed by atoms with E-state index in [2.05, 4.69) is 5.32 Å². The van der Waals surface area contributed by atoms with Crippen LogP contribution in [0.3, 0.4) is 0 Å². The molecule has 160 valence electrons. The molecule has 0 saturated carbocycles. The van der Waals surface area contributed by atoms with Gasteiger partial charge in [-0.05, 0) is 69.7 Å². The van der Waals surface area contributed by atoms with Crippen molar-refractivity contribution in [2.45, 2.75) is 33.8 Å². The molecule has 7 heteroatoms. The molecule has 0 aliphatic rings. The molecule has 0 spiro atoms. The number of rotatable bonds is 9. The molecule has 2 aromatic rings. The van der Waals surface area contributed by atoms with Crippen LogP contribution < -0.4 is 10.1 Å². The number of hydrogen-bond donors (Lipinski definition) is 1. The van der Waals surface area contributed by atoms with E-state index in [-0.39, 0.29) is 5.91 Å². The number of carbonyl (C=O) groups excluding carboxylic acids is 3. The first-order valence-corrected chi connectivity index (χ1v) is 9.93. The molecule has 0 aliphatic carbocycles. The Morgan fingerprint density at radius 2 is 1.70 bits per heavy atom. The maximum Gasteiger partial charge on any atom is 0.347 e. The van der Waals surface area contributed by atoms with Crippen molar-refractivity contribution in [2.75, 3.05) is 25.0 Å². The maximum atomic E-state index is 12.3. The summed E-state index contributed by atoms with van der Waals surface area (Å²) in [6.07, 6.45) is -0.843. The van der Waals surface area contributed by atoms with Gasteiger partial charge in [-0.25, -0.2) is 4.79 Å². The van der Waals surface area contributed by atoms with Crippen LogP contribution in [0, 0.1) is 6.92 Å². The van der Waals surface area contributed by atoms with E-state index in [1.807, 2.05) is 39.0 Å². The highest BCUT2D eigenvalue weighted by atomic mass is 16.6. The summed E-state index contributed by atoms with van der Waals surface area (Å²) in [5, 5.41) is 2.63. The molecule has 2 rings (SSSR count). The lowest BCUT2D eigenvalue weighted by atomic mass is 10.2. The predicted molar refractivity (Wildman–Crippen MR) is 115 cm³/mol. The molecule has 0 fully saturated rings. The molecule has 7 nitrogen and oxygen atoms in total. The summed E-state index contributed by atoms with van der Waals surface area (Å²) in [6.45, 7) is 8.16. The Balaban J connectivity index is 1.82. The van der Waals surface area contributed by atoms with Gasteiger partial charge in [0.05, 0.1) is 0 Å². The first-order valence-electron chi connectivity index (χ1n) is 9.93. The predicted octanol–water partition coefficient (Wildman–Crippen LogP) is 3.43. The van der Waals surface area contributed by atoms with E-state index in [1.54, 1.807) is 42.2 Å². The number of esters is 1. The second kappa shape index (κ2) is 11.0. The normalized spacial score (nSPS) is 11.3. The molecule has 0 unspecified atom stereocenters. The monoisotopic (exact) mass is 412 g/mol. The molecule has 0 bridgehead atoms. The van der Waals surface area contributed by atoms with Gasteiger partial charge in [0.1, 0.15) is 5.75 Å². The van der Waals surface area contributed by atoms with E-state index in [0.29, 0.717) is 30.1 Å². The summed E-state index contributed by atoms with van der Waals surface area (Å²) < 4.78 is 10.6. The van der Waals surface area contributed by atoms with Crippen LogP contribution in [-0.2, 0) is 14.3 Å². The minimum absolute atomic E-state index is 0.0607. The molecule has 2 aromatic carbocycles. The summed E-state index contributed by atoms with van der Waals surface area (Å²) in [5.74, 6) is -0.613. The highest BCUT2D eigenvalue weighted by Gasteiger charge is 2.18. The van der Waals surface area contributed by atoms with Crippen molar-refractivity contribution < 1.29 is 23.9 Å². The summed E-state index contributed by atoms with van der Waals surface area (Å²) in [7, 11) is 0. The maximum absolute atomic E-state index is 12.3. The Bertz CT molecular complexity index is 875. The molecule has 1 N–H and O–H groups in total. The molecule has 0 radical (unpaired) electrons. The van der Waals surface area contributed by atoms with Gasteiger partial charge in [0, 0.05) is 24.3 Å². The number of hydrogen-bond acceptors (Lipinski definition) is 5. The molecule has 1 atom stereocenters.